The Bertz CT molecular complexity index is 524. The number of morpholine rings is 1. The summed E-state index contributed by atoms with van der Waals surface area (Å²) < 4.78 is 30.3. The largest absolute Gasteiger partial charge is 0.378 e. The first-order valence-electron chi connectivity index (χ1n) is 6.44. The first-order chi connectivity index (χ1) is 9.50. The Morgan fingerprint density at radius 1 is 1.50 bits per heavy atom. The number of ether oxygens (including phenoxy) is 1. The van der Waals surface area contributed by atoms with Crippen molar-refractivity contribution in [3.8, 4) is 0 Å². The molecule has 0 spiro atoms. The number of hydrogen-bond acceptors (Lipinski definition) is 6. The first-order valence-corrected chi connectivity index (χ1v) is 7.88. The minimum absolute atomic E-state index is 0.187. The van der Waals surface area contributed by atoms with Crippen molar-refractivity contribution in [2.24, 2.45) is 0 Å². The predicted molar refractivity (Wildman–Crippen MR) is 76.2 cm³/mol. The van der Waals surface area contributed by atoms with Crippen molar-refractivity contribution < 1.29 is 13.2 Å². The van der Waals surface area contributed by atoms with E-state index in [1.807, 2.05) is 0 Å². The molecule has 1 fully saturated rings. The van der Waals surface area contributed by atoms with Crippen LogP contribution in [-0.4, -0.2) is 64.1 Å². The van der Waals surface area contributed by atoms with E-state index in [0.29, 0.717) is 19.0 Å². The van der Waals surface area contributed by atoms with Gasteiger partial charge < -0.3 is 15.4 Å². The van der Waals surface area contributed by atoms with E-state index in [1.165, 1.54) is 24.6 Å². The number of anilines is 1. The fourth-order valence-electron chi connectivity index (χ4n) is 1.83. The van der Waals surface area contributed by atoms with Gasteiger partial charge in [-0.15, -0.1) is 0 Å². The fraction of sp³-hybridized carbons (Fsp3) is 0.583. The third-order valence-electron chi connectivity index (χ3n) is 3.04. The lowest BCUT2D eigenvalue weighted by Crippen LogP contribution is -2.45. The Hall–Kier alpha value is -1.22. The third-order valence-corrected chi connectivity index (χ3v) is 4.84. The molecule has 2 heterocycles. The number of aromatic nitrogens is 1. The van der Waals surface area contributed by atoms with Gasteiger partial charge in [-0.1, -0.05) is 0 Å². The predicted octanol–water partition coefficient (Wildman–Crippen LogP) is -0.268. The molecule has 1 aromatic heterocycles. The van der Waals surface area contributed by atoms with Crippen molar-refractivity contribution in [2.75, 3.05) is 45.7 Å². The van der Waals surface area contributed by atoms with Crippen LogP contribution >= 0.6 is 0 Å². The minimum atomic E-state index is -3.42. The average Bonchev–Trinajstić information content (AvgIpc) is 2.46. The zero-order valence-electron chi connectivity index (χ0n) is 11.7. The van der Waals surface area contributed by atoms with E-state index >= 15 is 0 Å². The Morgan fingerprint density at radius 2 is 2.30 bits per heavy atom. The van der Waals surface area contributed by atoms with Crippen LogP contribution in [-0.2, 0) is 14.8 Å². The number of pyridine rings is 1. The van der Waals surface area contributed by atoms with E-state index in [2.05, 4.69) is 15.6 Å². The molecule has 0 bridgehead atoms. The molecule has 1 unspecified atom stereocenters. The van der Waals surface area contributed by atoms with Gasteiger partial charge in [0.05, 0.1) is 13.2 Å². The second kappa shape index (κ2) is 6.49. The van der Waals surface area contributed by atoms with Crippen LogP contribution in [0.2, 0.25) is 0 Å². The molecule has 1 aliphatic heterocycles. The molecule has 2 N–H and O–H groups in total. The van der Waals surface area contributed by atoms with Gasteiger partial charge in [0.15, 0.2) is 0 Å². The van der Waals surface area contributed by atoms with Gasteiger partial charge in [-0.05, 0) is 12.1 Å². The molecule has 1 aliphatic rings. The lowest BCUT2D eigenvalue weighted by Gasteiger charge is -2.24. The average molecular weight is 300 g/mol. The summed E-state index contributed by atoms with van der Waals surface area (Å²) in [5.41, 5.74) is 0. The maximum Gasteiger partial charge on any atom is 0.244 e. The Kier molecular flexibility index (Phi) is 4.92. The Labute approximate surface area is 119 Å². The van der Waals surface area contributed by atoms with Crippen LogP contribution in [0.15, 0.2) is 23.2 Å². The maximum atomic E-state index is 11.9. The monoisotopic (exact) mass is 300 g/mol. The third kappa shape index (κ3) is 3.66. The molecule has 1 aromatic rings. The summed E-state index contributed by atoms with van der Waals surface area (Å²) in [5, 5.41) is 6.48. The summed E-state index contributed by atoms with van der Waals surface area (Å²) in [4.78, 5) is 4.31. The minimum Gasteiger partial charge on any atom is -0.378 e. The van der Waals surface area contributed by atoms with Gasteiger partial charge in [-0.3, -0.25) is 0 Å². The van der Waals surface area contributed by atoms with E-state index in [9.17, 15) is 8.42 Å². The maximum absolute atomic E-state index is 11.9. The van der Waals surface area contributed by atoms with Crippen molar-refractivity contribution in [1.82, 2.24) is 14.6 Å². The molecular weight excluding hydrogens is 280 g/mol. The van der Waals surface area contributed by atoms with E-state index in [4.69, 9.17) is 4.74 Å². The van der Waals surface area contributed by atoms with E-state index in [-0.39, 0.29) is 10.9 Å². The summed E-state index contributed by atoms with van der Waals surface area (Å²) in [6.45, 7) is 2.94. The standard InChI is InChI=1S/C12H20N4O3S/c1-16(2)20(17,18)11-3-4-12(15-8-11)14-7-10-9-19-6-5-13-10/h3-4,8,10,13H,5-7,9H2,1-2H3,(H,14,15). The van der Waals surface area contributed by atoms with Crippen molar-refractivity contribution in [3.63, 3.8) is 0 Å². The van der Waals surface area contributed by atoms with Crippen LogP contribution in [0.3, 0.4) is 0 Å². The second-order valence-electron chi connectivity index (χ2n) is 4.77. The van der Waals surface area contributed by atoms with Gasteiger partial charge in [0, 0.05) is 39.4 Å². The highest BCUT2D eigenvalue weighted by Gasteiger charge is 2.17. The molecule has 0 aliphatic carbocycles. The van der Waals surface area contributed by atoms with E-state index < -0.39 is 10.0 Å². The number of sulfonamides is 1. The van der Waals surface area contributed by atoms with Crippen LogP contribution in [0.5, 0.6) is 0 Å². The highest BCUT2D eigenvalue weighted by atomic mass is 32.2. The molecule has 1 saturated heterocycles. The molecule has 8 heteroatoms. The van der Waals surface area contributed by atoms with Crippen LogP contribution < -0.4 is 10.6 Å². The molecule has 1 atom stereocenters. The Balaban J connectivity index is 1.94. The van der Waals surface area contributed by atoms with E-state index in [0.717, 1.165) is 13.2 Å². The highest BCUT2D eigenvalue weighted by Crippen LogP contribution is 2.13. The highest BCUT2D eigenvalue weighted by molar-refractivity contribution is 7.89. The van der Waals surface area contributed by atoms with Crippen molar-refractivity contribution >= 4 is 15.8 Å². The molecule has 0 saturated carbocycles. The summed E-state index contributed by atoms with van der Waals surface area (Å²) in [7, 11) is -0.426. The summed E-state index contributed by atoms with van der Waals surface area (Å²) >= 11 is 0. The van der Waals surface area contributed by atoms with Crippen LogP contribution in [0.25, 0.3) is 0 Å². The Morgan fingerprint density at radius 3 is 2.85 bits per heavy atom. The first kappa shape index (κ1) is 15.2. The molecule has 0 aromatic carbocycles. The lowest BCUT2D eigenvalue weighted by molar-refractivity contribution is 0.0806. The van der Waals surface area contributed by atoms with E-state index in [1.54, 1.807) is 12.1 Å². The fourth-order valence-corrected chi connectivity index (χ4v) is 2.67. The van der Waals surface area contributed by atoms with Gasteiger partial charge >= 0.3 is 0 Å². The zero-order chi connectivity index (χ0) is 14.6. The van der Waals surface area contributed by atoms with Crippen LogP contribution in [0, 0.1) is 0 Å². The summed E-state index contributed by atoms with van der Waals surface area (Å²) in [6, 6.07) is 3.46. The van der Waals surface area contributed by atoms with Crippen LogP contribution in [0.1, 0.15) is 0 Å². The second-order valence-corrected chi connectivity index (χ2v) is 6.93. The number of nitrogens with one attached hydrogen (secondary N) is 2. The number of hydrogen-bond donors (Lipinski definition) is 2. The summed E-state index contributed by atoms with van der Waals surface area (Å²) in [5.74, 6) is 0.648. The topological polar surface area (TPSA) is 83.6 Å². The van der Waals surface area contributed by atoms with Gasteiger partial charge in [0.1, 0.15) is 10.7 Å². The molecule has 0 radical (unpaired) electrons. The van der Waals surface area contributed by atoms with Crippen molar-refractivity contribution in [3.05, 3.63) is 18.3 Å². The summed E-state index contributed by atoms with van der Waals surface area (Å²) in [6.07, 6.45) is 1.36. The molecule has 20 heavy (non-hydrogen) atoms. The van der Waals surface area contributed by atoms with Crippen molar-refractivity contribution in [1.29, 1.82) is 0 Å². The zero-order valence-corrected chi connectivity index (χ0v) is 12.5. The van der Waals surface area contributed by atoms with Crippen LogP contribution in [0.4, 0.5) is 5.82 Å². The molecule has 112 valence electrons. The van der Waals surface area contributed by atoms with Gasteiger partial charge in [0.2, 0.25) is 10.0 Å². The molecule has 2 rings (SSSR count). The van der Waals surface area contributed by atoms with Crippen molar-refractivity contribution in [2.45, 2.75) is 10.9 Å². The number of nitrogens with zero attached hydrogens (tertiary/aromatic N) is 2. The SMILES string of the molecule is CN(C)S(=O)(=O)c1ccc(NCC2COCCN2)nc1. The van der Waals surface area contributed by atoms with Gasteiger partial charge in [-0.2, -0.15) is 0 Å². The quantitative estimate of drug-likeness (QED) is 0.779. The molecule has 7 nitrogen and oxygen atoms in total. The van der Waals surface area contributed by atoms with Gasteiger partial charge in [-0.25, -0.2) is 17.7 Å². The molecular formula is C12H20N4O3S. The van der Waals surface area contributed by atoms with Gasteiger partial charge in [0.25, 0.3) is 0 Å². The normalized spacial score (nSPS) is 20.1. The smallest absolute Gasteiger partial charge is 0.244 e. The number of rotatable bonds is 5. The molecule has 0 amide bonds. The lowest BCUT2D eigenvalue weighted by atomic mass is 10.3.